The second-order valence-electron chi connectivity index (χ2n) is 10.4. The predicted octanol–water partition coefficient (Wildman–Crippen LogP) is 3.27. The normalized spacial score (nSPS) is 23.9. The third kappa shape index (κ3) is 4.86. The second-order valence-corrected chi connectivity index (χ2v) is 10.4. The van der Waals surface area contributed by atoms with Crippen molar-refractivity contribution in [2.75, 3.05) is 49.1 Å². The van der Waals surface area contributed by atoms with Crippen molar-refractivity contribution in [1.82, 2.24) is 14.9 Å². The molecule has 1 spiro atoms. The molecule has 8 nitrogen and oxygen atoms in total. The van der Waals surface area contributed by atoms with Crippen LogP contribution in [-0.2, 0) is 9.53 Å². The predicted molar refractivity (Wildman–Crippen MR) is 134 cm³/mol. The Labute approximate surface area is 207 Å². The minimum atomic E-state index is -0.301. The standard InChI is InChI=1S/C27H35N5O3/c33-26-19-34-27(20-32(26)23-5-2-12-28-17-23)10-15-31(16-11-27)22-6-7-25(29-18-22)35-24-8-13-30(14-9-24)21-3-1-4-21/h2,5-7,12,17-18,21,24H,1,3-4,8-11,13-16,19-20H2. The largest absolute Gasteiger partial charge is 0.474 e. The van der Waals surface area contributed by atoms with Crippen LogP contribution in [0.3, 0.4) is 0 Å². The van der Waals surface area contributed by atoms with Crippen molar-refractivity contribution in [3.63, 3.8) is 0 Å². The average Bonchev–Trinajstić information content (AvgIpc) is 2.87. The fourth-order valence-corrected chi connectivity index (χ4v) is 5.85. The molecule has 0 unspecified atom stereocenters. The van der Waals surface area contributed by atoms with Crippen molar-refractivity contribution >= 4 is 17.3 Å². The summed E-state index contributed by atoms with van der Waals surface area (Å²) in [5.41, 5.74) is 1.66. The summed E-state index contributed by atoms with van der Waals surface area (Å²) in [4.78, 5) is 28.1. The molecule has 8 heteroatoms. The molecule has 3 saturated heterocycles. The molecule has 2 aromatic rings. The van der Waals surface area contributed by atoms with Crippen LogP contribution < -0.4 is 14.5 Å². The molecule has 1 amide bonds. The highest BCUT2D eigenvalue weighted by Crippen LogP contribution is 2.34. The van der Waals surface area contributed by atoms with E-state index < -0.39 is 0 Å². The number of ether oxygens (including phenoxy) is 2. The van der Waals surface area contributed by atoms with Gasteiger partial charge in [0.1, 0.15) is 12.7 Å². The molecule has 3 aliphatic heterocycles. The van der Waals surface area contributed by atoms with Crippen molar-refractivity contribution in [3.05, 3.63) is 42.9 Å². The molecule has 5 heterocycles. The third-order valence-electron chi connectivity index (χ3n) is 8.32. The van der Waals surface area contributed by atoms with E-state index in [9.17, 15) is 4.79 Å². The van der Waals surface area contributed by atoms with Crippen LogP contribution in [0.15, 0.2) is 42.9 Å². The first kappa shape index (κ1) is 22.7. The van der Waals surface area contributed by atoms with Crippen LogP contribution in [0.1, 0.15) is 44.9 Å². The van der Waals surface area contributed by atoms with E-state index in [4.69, 9.17) is 9.47 Å². The Morgan fingerprint density at radius 2 is 1.80 bits per heavy atom. The van der Waals surface area contributed by atoms with E-state index in [1.807, 2.05) is 29.3 Å². The van der Waals surface area contributed by atoms with E-state index in [-0.39, 0.29) is 24.2 Å². The number of carbonyl (C=O) groups excluding carboxylic acids is 1. The Hall–Kier alpha value is -2.71. The second kappa shape index (κ2) is 9.74. The van der Waals surface area contributed by atoms with Gasteiger partial charge in [0.25, 0.3) is 5.91 Å². The van der Waals surface area contributed by atoms with Gasteiger partial charge < -0.3 is 24.2 Å². The van der Waals surface area contributed by atoms with Gasteiger partial charge in [-0.1, -0.05) is 6.42 Å². The lowest BCUT2D eigenvalue weighted by molar-refractivity contribution is -0.141. The van der Waals surface area contributed by atoms with Crippen molar-refractivity contribution in [2.24, 2.45) is 0 Å². The molecule has 0 aromatic carbocycles. The van der Waals surface area contributed by atoms with Crippen molar-refractivity contribution in [1.29, 1.82) is 0 Å². The molecule has 2 aromatic heterocycles. The summed E-state index contributed by atoms with van der Waals surface area (Å²) < 4.78 is 12.3. The monoisotopic (exact) mass is 477 g/mol. The maximum atomic E-state index is 12.5. The van der Waals surface area contributed by atoms with E-state index >= 15 is 0 Å². The summed E-state index contributed by atoms with van der Waals surface area (Å²) in [6.07, 6.45) is 13.7. The Bertz CT molecular complexity index is 997. The van der Waals surface area contributed by atoms with E-state index in [0.717, 1.165) is 75.2 Å². The smallest absolute Gasteiger partial charge is 0.253 e. The SMILES string of the molecule is O=C1COC2(CCN(c3ccc(OC4CCN(C5CCC5)CC4)nc3)CC2)CN1c1cccnc1. The first-order valence-corrected chi connectivity index (χ1v) is 13.1. The summed E-state index contributed by atoms with van der Waals surface area (Å²) in [7, 11) is 0. The van der Waals surface area contributed by atoms with Gasteiger partial charge in [-0.15, -0.1) is 0 Å². The zero-order valence-electron chi connectivity index (χ0n) is 20.3. The van der Waals surface area contributed by atoms with Gasteiger partial charge in [-0.05, 0) is 56.7 Å². The Morgan fingerprint density at radius 3 is 2.46 bits per heavy atom. The summed E-state index contributed by atoms with van der Waals surface area (Å²) in [6.45, 7) is 4.74. The Kier molecular flexibility index (Phi) is 6.33. The number of morpholine rings is 1. The van der Waals surface area contributed by atoms with Gasteiger partial charge in [0.05, 0.1) is 35.9 Å². The number of hydrogen-bond acceptors (Lipinski definition) is 7. The number of piperidine rings is 2. The van der Waals surface area contributed by atoms with Crippen LogP contribution >= 0.6 is 0 Å². The van der Waals surface area contributed by atoms with Crippen LogP contribution in [0.4, 0.5) is 11.4 Å². The number of aromatic nitrogens is 2. The van der Waals surface area contributed by atoms with Gasteiger partial charge in [0, 0.05) is 44.5 Å². The molecule has 35 heavy (non-hydrogen) atoms. The number of amides is 1. The van der Waals surface area contributed by atoms with Gasteiger partial charge in [0.15, 0.2) is 0 Å². The number of rotatable bonds is 5. The zero-order chi connectivity index (χ0) is 23.7. The molecule has 4 aliphatic rings. The molecule has 1 aliphatic carbocycles. The number of pyridine rings is 2. The summed E-state index contributed by atoms with van der Waals surface area (Å²) >= 11 is 0. The topological polar surface area (TPSA) is 71.0 Å². The van der Waals surface area contributed by atoms with Crippen LogP contribution in [0, 0.1) is 0 Å². The van der Waals surface area contributed by atoms with Crippen LogP contribution in [0.5, 0.6) is 5.88 Å². The highest BCUT2D eigenvalue weighted by molar-refractivity contribution is 5.95. The number of hydrogen-bond donors (Lipinski definition) is 0. The molecule has 0 atom stereocenters. The molecular formula is C27H35N5O3. The summed E-state index contributed by atoms with van der Waals surface area (Å²) in [5, 5.41) is 0. The molecule has 0 radical (unpaired) electrons. The molecule has 186 valence electrons. The van der Waals surface area contributed by atoms with E-state index in [2.05, 4.69) is 25.8 Å². The highest BCUT2D eigenvalue weighted by Gasteiger charge is 2.43. The lowest BCUT2D eigenvalue weighted by Gasteiger charge is -2.47. The average molecular weight is 478 g/mol. The number of anilines is 2. The molecule has 0 bridgehead atoms. The fourth-order valence-electron chi connectivity index (χ4n) is 5.85. The van der Waals surface area contributed by atoms with E-state index in [1.54, 1.807) is 12.4 Å². The van der Waals surface area contributed by atoms with Gasteiger partial charge >= 0.3 is 0 Å². The first-order valence-electron chi connectivity index (χ1n) is 13.1. The number of likely N-dealkylation sites (tertiary alicyclic amines) is 1. The summed E-state index contributed by atoms with van der Waals surface area (Å²) in [5.74, 6) is 0.727. The molecule has 1 saturated carbocycles. The lowest BCUT2D eigenvalue weighted by Crippen LogP contribution is -2.59. The van der Waals surface area contributed by atoms with Crippen LogP contribution in [-0.4, -0.2) is 77.9 Å². The van der Waals surface area contributed by atoms with Gasteiger partial charge in [0.2, 0.25) is 5.88 Å². The van der Waals surface area contributed by atoms with Crippen LogP contribution in [0.2, 0.25) is 0 Å². The minimum absolute atomic E-state index is 0.000412. The highest BCUT2D eigenvalue weighted by atomic mass is 16.5. The van der Waals surface area contributed by atoms with E-state index in [0.29, 0.717) is 6.54 Å². The van der Waals surface area contributed by atoms with Crippen molar-refractivity contribution in [2.45, 2.75) is 62.7 Å². The molecule has 0 N–H and O–H groups in total. The van der Waals surface area contributed by atoms with Gasteiger partial charge in [-0.2, -0.15) is 0 Å². The Balaban J connectivity index is 1.01. The molecule has 6 rings (SSSR count). The zero-order valence-corrected chi connectivity index (χ0v) is 20.3. The Morgan fingerprint density at radius 1 is 0.971 bits per heavy atom. The maximum absolute atomic E-state index is 12.5. The number of carbonyl (C=O) groups is 1. The van der Waals surface area contributed by atoms with Crippen molar-refractivity contribution in [3.8, 4) is 5.88 Å². The van der Waals surface area contributed by atoms with Crippen LogP contribution in [0.25, 0.3) is 0 Å². The fraction of sp³-hybridized carbons (Fsp3) is 0.593. The van der Waals surface area contributed by atoms with Gasteiger partial charge in [-0.25, -0.2) is 4.98 Å². The van der Waals surface area contributed by atoms with Crippen molar-refractivity contribution < 1.29 is 14.3 Å². The third-order valence-corrected chi connectivity index (χ3v) is 8.32. The minimum Gasteiger partial charge on any atom is -0.474 e. The maximum Gasteiger partial charge on any atom is 0.253 e. The molecule has 4 fully saturated rings. The molecular weight excluding hydrogens is 442 g/mol. The van der Waals surface area contributed by atoms with E-state index in [1.165, 1.54) is 19.3 Å². The number of nitrogens with zero attached hydrogens (tertiary/aromatic N) is 5. The first-order chi connectivity index (χ1) is 17.2. The lowest BCUT2D eigenvalue weighted by atomic mass is 9.89. The van der Waals surface area contributed by atoms with Gasteiger partial charge in [-0.3, -0.25) is 9.78 Å². The summed E-state index contributed by atoms with van der Waals surface area (Å²) in [6, 6.07) is 8.77. The quantitative estimate of drug-likeness (QED) is 0.655.